The van der Waals surface area contributed by atoms with Gasteiger partial charge in [-0.2, -0.15) is 0 Å². The van der Waals surface area contributed by atoms with Crippen molar-refractivity contribution in [1.82, 2.24) is 0 Å². The van der Waals surface area contributed by atoms with Crippen LogP contribution in [0, 0.1) is 6.92 Å². The molecule has 0 saturated carbocycles. The van der Waals surface area contributed by atoms with E-state index in [1.807, 2.05) is 25.1 Å². The number of carbonyl (C=O) groups is 1. The first-order valence-electron chi connectivity index (χ1n) is 6.55. The van der Waals surface area contributed by atoms with E-state index in [4.69, 9.17) is 16.3 Å². The molecule has 0 spiro atoms. The van der Waals surface area contributed by atoms with Gasteiger partial charge in [-0.1, -0.05) is 27.5 Å². The Labute approximate surface area is 151 Å². The molecule has 2 aromatic rings. The van der Waals surface area contributed by atoms with Gasteiger partial charge < -0.3 is 10.1 Å². The minimum absolute atomic E-state index is 0.225. The Morgan fingerprint density at radius 2 is 1.95 bits per heavy atom. The Bertz CT molecular complexity index is 707. The average molecular weight is 448 g/mol. The highest BCUT2D eigenvalue weighted by atomic mass is 79.9. The predicted octanol–water partition coefficient (Wildman–Crippen LogP) is 5.58. The van der Waals surface area contributed by atoms with Gasteiger partial charge in [0.05, 0.1) is 5.69 Å². The lowest BCUT2D eigenvalue weighted by molar-refractivity contribution is -0.122. The summed E-state index contributed by atoms with van der Waals surface area (Å²) < 4.78 is 7.43. The number of aryl methyl sites for hydroxylation is 1. The van der Waals surface area contributed by atoms with Crippen LogP contribution in [-0.2, 0) is 4.79 Å². The fourth-order valence-electron chi connectivity index (χ4n) is 1.81. The van der Waals surface area contributed by atoms with Crippen LogP contribution >= 0.6 is 43.5 Å². The monoisotopic (exact) mass is 445 g/mol. The van der Waals surface area contributed by atoms with Crippen molar-refractivity contribution in [3.8, 4) is 5.75 Å². The van der Waals surface area contributed by atoms with E-state index in [1.54, 1.807) is 25.1 Å². The molecule has 0 aliphatic carbocycles. The molecule has 2 aromatic carbocycles. The molecule has 3 nitrogen and oxygen atoms in total. The van der Waals surface area contributed by atoms with Crippen molar-refractivity contribution < 1.29 is 9.53 Å². The number of rotatable bonds is 4. The minimum Gasteiger partial charge on any atom is -0.481 e. The van der Waals surface area contributed by atoms with Gasteiger partial charge >= 0.3 is 0 Å². The normalized spacial score (nSPS) is 11.9. The number of amides is 1. The van der Waals surface area contributed by atoms with Crippen molar-refractivity contribution in [2.45, 2.75) is 20.0 Å². The van der Waals surface area contributed by atoms with Crippen LogP contribution in [0.2, 0.25) is 5.02 Å². The van der Waals surface area contributed by atoms with Crippen LogP contribution in [0.1, 0.15) is 12.5 Å². The lowest BCUT2D eigenvalue weighted by atomic mass is 10.2. The van der Waals surface area contributed by atoms with Crippen molar-refractivity contribution in [3.63, 3.8) is 0 Å². The standard InChI is InChI=1S/C16H14Br2ClNO2/c1-9-7-12(19)4-6-15(9)22-10(2)16(21)20-14-5-3-11(17)8-13(14)18/h3-8,10H,1-2H3,(H,20,21)/t10-/m1/s1. The molecule has 2 rings (SSSR count). The van der Waals surface area contributed by atoms with Gasteiger partial charge in [0.1, 0.15) is 5.75 Å². The first kappa shape index (κ1) is 17.3. The lowest BCUT2D eigenvalue weighted by Gasteiger charge is -2.17. The summed E-state index contributed by atoms with van der Waals surface area (Å²) in [5, 5.41) is 3.47. The second kappa shape index (κ2) is 7.49. The topological polar surface area (TPSA) is 38.3 Å². The largest absolute Gasteiger partial charge is 0.481 e. The number of hydrogen-bond donors (Lipinski definition) is 1. The fourth-order valence-corrected chi connectivity index (χ4v) is 3.19. The van der Waals surface area contributed by atoms with E-state index in [9.17, 15) is 4.79 Å². The highest BCUT2D eigenvalue weighted by molar-refractivity contribution is 9.11. The smallest absolute Gasteiger partial charge is 0.265 e. The summed E-state index contributed by atoms with van der Waals surface area (Å²) in [4.78, 5) is 12.2. The van der Waals surface area contributed by atoms with Gasteiger partial charge in [-0.3, -0.25) is 4.79 Å². The van der Waals surface area contributed by atoms with E-state index in [0.29, 0.717) is 16.5 Å². The van der Waals surface area contributed by atoms with Crippen LogP contribution in [0.5, 0.6) is 5.75 Å². The van der Waals surface area contributed by atoms with Crippen molar-refractivity contribution in [2.75, 3.05) is 5.32 Å². The Morgan fingerprint density at radius 1 is 1.23 bits per heavy atom. The third-order valence-electron chi connectivity index (χ3n) is 3.00. The van der Waals surface area contributed by atoms with Crippen molar-refractivity contribution in [1.29, 1.82) is 0 Å². The van der Waals surface area contributed by atoms with Crippen LogP contribution < -0.4 is 10.1 Å². The average Bonchev–Trinajstić information content (AvgIpc) is 2.44. The molecule has 0 bridgehead atoms. The second-order valence-electron chi connectivity index (χ2n) is 4.78. The molecule has 0 aliphatic heterocycles. The SMILES string of the molecule is Cc1cc(Cl)ccc1O[C@H](C)C(=O)Nc1ccc(Br)cc1Br. The number of benzene rings is 2. The summed E-state index contributed by atoms with van der Waals surface area (Å²) in [6, 6.07) is 10.8. The maximum atomic E-state index is 12.2. The van der Waals surface area contributed by atoms with Gasteiger partial charge in [-0.25, -0.2) is 0 Å². The molecule has 6 heteroatoms. The molecule has 0 aromatic heterocycles. The summed E-state index contributed by atoms with van der Waals surface area (Å²) in [5.74, 6) is 0.416. The van der Waals surface area contributed by atoms with E-state index < -0.39 is 6.10 Å². The fraction of sp³-hybridized carbons (Fsp3) is 0.188. The third-order valence-corrected chi connectivity index (χ3v) is 4.38. The van der Waals surface area contributed by atoms with Crippen molar-refractivity contribution in [2.24, 2.45) is 0 Å². The summed E-state index contributed by atoms with van der Waals surface area (Å²) in [5.41, 5.74) is 1.58. The number of hydrogen-bond acceptors (Lipinski definition) is 2. The van der Waals surface area contributed by atoms with Gasteiger partial charge in [0.2, 0.25) is 0 Å². The lowest BCUT2D eigenvalue weighted by Crippen LogP contribution is -2.30. The minimum atomic E-state index is -0.629. The number of ether oxygens (including phenoxy) is 1. The molecule has 0 fully saturated rings. The zero-order valence-electron chi connectivity index (χ0n) is 12.0. The maximum Gasteiger partial charge on any atom is 0.265 e. The first-order chi connectivity index (χ1) is 10.4. The van der Waals surface area contributed by atoms with Crippen molar-refractivity contribution in [3.05, 3.63) is 55.9 Å². The number of carbonyl (C=O) groups excluding carboxylic acids is 1. The van der Waals surface area contributed by atoms with Crippen LogP contribution in [0.25, 0.3) is 0 Å². The zero-order valence-corrected chi connectivity index (χ0v) is 15.9. The molecule has 0 aliphatic rings. The van der Waals surface area contributed by atoms with Gasteiger partial charge in [-0.05, 0) is 71.7 Å². The summed E-state index contributed by atoms with van der Waals surface area (Å²) in [6.07, 6.45) is -0.629. The predicted molar refractivity (Wildman–Crippen MR) is 96.8 cm³/mol. The number of nitrogens with one attached hydrogen (secondary N) is 1. The summed E-state index contributed by atoms with van der Waals surface area (Å²) in [7, 11) is 0. The van der Waals surface area contributed by atoms with Gasteiger partial charge in [0.15, 0.2) is 6.10 Å². The zero-order chi connectivity index (χ0) is 16.3. The van der Waals surface area contributed by atoms with Crippen LogP contribution in [0.3, 0.4) is 0 Å². The van der Waals surface area contributed by atoms with E-state index in [2.05, 4.69) is 37.2 Å². The molecular formula is C16H14Br2ClNO2. The van der Waals surface area contributed by atoms with Crippen LogP contribution in [0.15, 0.2) is 45.3 Å². The molecule has 0 saturated heterocycles. The second-order valence-corrected chi connectivity index (χ2v) is 6.99. The summed E-state index contributed by atoms with van der Waals surface area (Å²) in [6.45, 7) is 3.59. The quantitative estimate of drug-likeness (QED) is 0.665. The highest BCUT2D eigenvalue weighted by Gasteiger charge is 2.17. The van der Waals surface area contributed by atoms with E-state index in [-0.39, 0.29) is 5.91 Å². The Hall–Kier alpha value is -1.04. The maximum absolute atomic E-state index is 12.2. The molecule has 0 unspecified atom stereocenters. The molecule has 116 valence electrons. The third kappa shape index (κ3) is 4.48. The Balaban J connectivity index is 2.05. The number of anilines is 1. The summed E-state index contributed by atoms with van der Waals surface area (Å²) >= 11 is 12.7. The molecule has 1 amide bonds. The van der Waals surface area contributed by atoms with E-state index in [0.717, 1.165) is 14.5 Å². The van der Waals surface area contributed by atoms with Crippen molar-refractivity contribution >= 4 is 55.1 Å². The van der Waals surface area contributed by atoms with Gasteiger partial charge in [-0.15, -0.1) is 0 Å². The van der Waals surface area contributed by atoms with Gasteiger partial charge in [0, 0.05) is 14.0 Å². The van der Waals surface area contributed by atoms with Crippen LogP contribution in [0.4, 0.5) is 5.69 Å². The Morgan fingerprint density at radius 3 is 2.59 bits per heavy atom. The van der Waals surface area contributed by atoms with Crippen LogP contribution in [-0.4, -0.2) is 12.0 Å². The molecule has 22 heavy (non-hydrogen) atoms. The number of halogens is 3. The molecule has 1 atom stereocenters. The Kier molecular flexibility index (Phi) is 5.89. The van der Waals surface area contributed by atoms with E-state index >= 15 is 0 Å². The first-order valence-corrected chi connectivity index (χ1v) is 8.52. The molecule has 0 heterocycles. The molecule has 0 radical (unpaired) electrons. The molecule has 1 N–H and O–H groups in total. The molecular weight excluding hydrogens is 433 g/mol. The highest BCUT2D eigenvalue weighted by Crippen LogP contribution is 2.27. The van der Waals surface area contributed by atoms with Gasteiger partial charge in [0.25, 0.3) is 5.91 Å². The van der Waals surface area contributed by atoms with E-state index in [1.165, 1.54) is 0 Å².